The topological polar surface area (TPSA) is 66.5 Å². The van der Waals surface area contributed by atoms with Crippen molar-refractivity contribution < 1.29 is 0 Å². The minimum absolute atomic E-state index is 0.0416. The van der Waals surface area contributed by atoms with E-state index in [2.05, 4.69) is 33.6 Å². The summed E-state index contributed by atoms with van der Waals surface area (Å²) < 4.78 is 2.08. The number of aromatic nitrogens is 4. The molecule has 1 unspecified atom stereocenters. The van der Waals surface area contributed by atoms with Crippen LogP contribution in [0.15, 0.2) is 23.3 Å². The Bertz CT molecular complexity index is 826. The first-order chi connectivity index (χ1) is 11.3. The van der Waals surface area contributed by atoms with E-state index in [4.69, 9.17) is 0 Å². The van der Waals surface area contributed by atoms with Gasteiger partial charge in [0.25, 0.3) is 5.56 Å². The number of aromatic amines is 2. The van der Waals surface area contributed by atoms with Crippen LogP contribution >= 0.6 is 0 Å². The van der Waals surface area contributed by atoms with Crippen molar-refractivity contribution in [2.45, 2.75) is 64.8 Å². The molecule has 0 fully saturated rings. The van der Waals surface area contributed by atoms with Crippen LogP contribution in [0.4, 0.5) is 0 Å². The number of hydrogen-bond donors (Lipinski definition) is 2. The normalized spacial score (nSPS) is 13.1. The molecule has 3 aromatic rings. The van der Waals surface area contributed by atoms with Gasteiger partial charge >= 0.3 is 0 Å². The number of hydrogen-bond acceptors (Lipinski definition) is 2. The van der Waals surface area contributed by atoms with E-state index in [1.807, 2.05) is 12.3 Å². The maximum Gasteiger partial charge on any atom is 0.273 e. The summed E-state index contributed by atoms with van der Waals surface area (Å²) in [7, 11) is 0. The van der Waals surface area contributed by atoms with Crippen LogP contribution in [0.3, 0.4) is 0 Å². The Morgan fingerprint density at radius 2 is 2.00 bits per heavy atom. The van der Waals surface area contributed by atoms with Crippen LogP contribution in [-0.2, 0) is 0 Å². The van der Waals surface area contributed by atoms with Crippen molar-refractivity contribution in [3.05, 3.63) is 28.8 Å². The van der Waals surface area contributed by atoms with E-state index in [1.54, 1.807) is 6.20 Å². The summed E-state index contributed by atoms with van der Waals surface area (Å²) in [6.07, 6.45) is 12.1. The second kappa shape index (κ2) is 7.02. The molecule has 124 valence electrons. The van der Waals surface area contributed by atoms with E-state index in [-0.39, 0.29) is 5.56 Å². The average molecular weight is 314 g/mol. The molecule has 0 aliphatic rings. The molecule has 5 nitrogen and oxygen atoms in total. The zero-order chi connectivity index (χ0) is 16.2. The van der Waals surface area contributed by atoms with Crippen LogP contribution in [0.2, 0.25) is 0 Å². The fourth-order valence-corrected chi connectivity index (χ4v) is 3.42. The lowest BCUT2D eigenvalue weighted by molar-refractivity contribution is 0.403. The van der Waals surface area contributed by atoms with Gasteiger partial charge in [-0.05, 0) is 18.9 Å². The number of pyridine rings is 1. The monoisotopic (exact) mass is 314 g/mol. The number of H-pyrrole nitrogens is 2. The van der Waals surface area contributed by atoms with Gasteiger partial charge < -0.3 is 4.98 Å². The molecule has 2 N–H and O–H groups in total. The minimum atomic E-state index is -0.0416. The summed E-state index contributed by atoms with van der Waals surface area (Å²) in [5.74, 6) is 0. The summed E-state index contributed by atoms with van der Waals surface area (Å²) in [5, 5.41) is 4.75. The molecule has 0 aromatic carbocycles. The first-order valence-electron chi connectivity index (χ1n) is 8.82. The molecule has 0 saturated heterocycles. The van der Waals surface area contributed by atoms with Crippen molar-refractivity contribution in [3.63, 3.8) is 0 Å². The predicted octanol–water partition coefficient (Wildman–Crippen LogP) is 4.52. The average Bonchev–Trinajstić information content (AvgIpc) is 3.15. The quantitative estimate of drug-likeness (QED) is 0.600. The van der Waals surface area contributed by atoms with Crippen molar-refractivity contribution in [1.82, 2.24) is 19.7 Å². The molecule has 0 aliphatic heterocycles. The molecular formula is C18H26N4O. The molecule has 3 heterocycles. The zero-order valence-electron chi connectivity index (χ0n) is 14.1. The first kappa shape index (κ1) is 15.8. The largest absolute Gasteiger partial charge is 0.346 e. The third-order valence-corrected chi connectivity index (χ3v) is 4.74. The van der Waals surface area contributed by atoms with Gasteiger partial charge in [-0.15, -0.1) is 0 Å². The van der Waals surface area contributed by atoms with Crippen LogP contribution in [0.25, 0.3) is 21.9 Å². The summed E-state index contributed by atoms with van der Waals surface area (Å²) in [5.41, 5.74) is 1.78. The Hall–Kier alpha value is -2.04. The minimum Gasteiger partial charge on any atom is -0.346 e. The highest BCUT2D eigenvalue weighted by Gasteiger charge is 2.17. The van der Waals surface area contributed by atoms with Gasteiger partial charge in [0.15, 0.2) is 0 Å². The van der Waals surface area contributed by atoms with E-state index in [0.29, 0.717) is 11.4 Å². The smallest absolute Gasteiger partial charge is 0.273 e. The van der Waals surface area contributed by atoms with Gasteiger partial charge in [-0.2, -0.15) is 0 Å². The van der Waals surface area contributed by atoms with Gasteiger partial charge in [-0.3, -0.25) is 14.6 Å². The SMILES string of the molecule is CCCCCCCC(CC)n1[nH]c(=O)c2cnc3[nH]ccc3c21. The van der Waals surface area contributed by atoms with Gasteiger partial charge in [-0.25, -0.2) is 4.98 Å². The maximum absolute atomic E-state index is 12.3. The van der Waals surface area contributed by atoms with Gasteiger partial charge in [0, 0.05) is 17.8 Å². The Morgan fingerprint density at radius 1 is 1.17 bits per heavy atom. The highest BCUT2D eigenvalue weighted by atomic mass is 16.1. The van der Waals surface area contributed by atoms with Crippen LogP contribution in [0.5, 0.6) is 0 Å². The summed E-state index contributed by atoms with van der Waals surface area (Å²) in [4.78, 5) is 19.7. The van der Waals surface area contributed by atoms with E-state index >= 15 is 0 Å². The fraction of sp³-hybridized carbons (Fsp3) is 0.556. The van der Waals surface area contributed by atoms with Crippen molar-refractivity contribution in [2.24, 2.45) is 0 Å². The lowest BCUT2D eigenvalue weighted by Crippen LogP contribution is -2.13. The molecule has 23 heavy (non-hydrogen) atoms. The van der Waals surface area contributed by atoms with Crippen molar-refractivity contribution in [3.8, 4) is 0 Å². The molecule has 0 amide bonds. The number of rotatable bonds is 8. The van der Waals surface area contributed by atoms with Gasteiger partial charge in [0.1, 0.15) is 5.65 Å². The van der Waals surface area contributed by atoms with Crippen LogP contribution in [-0.4, -0.2) is 19.7 Å². The highest BCUT2D eigenvalue weighted by molar-refractivity contribution is 6.02. The van der Waals surface area contributed by atoms with Crippen LogP contribution in [0, 0.1) is 0 Å². The van der Waals surface area contributed by atoms with Crippen molar-refractivity contribution in [1.29, 1.82) is 0 Å². The second-order valence-electron chi connectivity index (χ2n) is 6.34. The number of fused-ring (bicyclic) bond motifs is 3. The summed E-state index contributed by atoms with van der Waals surface area (Å²) >= 11 is 0. The summed E-state index contributed by atoms with van der Waals surface area (Å²) in [6.45, 7) is 4.43. The molecule has 0 saturated carbocycles. The molecule has 0 radical (unpaired) electrons. The predicted molar refractivity (Wildman–Crippen MR) is 94.9 cm³/mol. The van der Waals surface area contributed by atoms with Crippen LogP contribution in [0.1, 0.15) is 64.8 Å². The third kappa shape index (κ3) is 3.05. The molecule has 1 atom stereocenters. The van der Waals surface area contributed by atoms with Gasteiger partial charge in [0.2, 0.25) is 0 Å². The summed E-state index contributed by atoms with van der Waals surface area (Å²) in [6, 6.07) is 2.34. The maximum atomic E-state index is 12.3. The molecule has 0 aliphatic carbocycles. The Labute approximate surface area is 136 Å². The molecule has 0 bridgehead atoms. The van der Waals surface area contributed by atoms with Crippen molar-refractivity contribution in [2.75, 3.05) is 0 Å². The number of unbranched alkanes of at least 4 members (excludes halogenated alkanes) is 4. The first-order valence-corrected chi connectivity index (χ1v) is 8.82. The Balaban J connectivity index is 1.90. The zero-order valence-corrected chi connectivity index (χ0v) is 14.1. The van der Waals surface area contributed by atoms with Gasteiger partial charge in [-0.1, -0.05) is 46.0 Å². The standard InChI is InChI=1S/C18H26N4O/c1-3-5-6-7-8-9-13(4-2)22-16-14-10-11-19-17(14)20-12-15(16)18(23)21-22/h10-13H,3-9H2,1-2H3,(H,19,20)(H,21,23). The van der Waals surface area contributed by atoms with E-state index in [1.165, 1.54) is 32.1 Å². The highest BCUT2D eigenvalue weighted by Crippen LogP contribution is 2.27. The Morgan fingerprint density at radius 3 is 2.78 bits per heavy atom. The van der Waals surface area contributed by atoms with Gasteiger partial charge in [0.05, 0.1) is 16.9 Å². The third-order valence-electron chi connectivity index (χ3n) is 4.74. The van der Waals surface area contributed by atoms with E-state index in [0.717, 1.165) is 29.4 Å². The van der Waals surface area contributed by atoms with Crippen molar-refractivity contribution >= 4 is 21.9 Å². The van der Waals surface area contributed by atoms with E-state index in [9.17, 15) is 4.79 Å². The molecule has 0 spiro atoms. The number of nitrogens with one attached hydrogen (secondary N) is 2. The lowest BCUT2D eigenvalue weighted by Gasteiger charge is -2.18. The molecule has 3 rings (SSSR count). The number of nitrogens with zero attached hydrogens (tertiary/aromatic N) is 2. The molecule has 3 aromatic heterocycles. The molecule has 5 heteroatoms. The lowest BCUT2D eigenvalue weighted by atomic mass is 10.0. The second-order valence-corrected chi connectivity index (χ2v) is 6.34. The molecular weight excluding hydrogens is 288 g/mol. The van der Waals surface area contributed by atoms with Crippen LogP contribution < -0.4 is 5.56 Å². The van der Waals surface area contributed by atoms with E-state index < -0.39 is 0 Å². The Kier molecular flexibility index (Phi) is 4.84. The fourth-order valence-electron chi connectivity index (χ4n) is 3.42.